The lowest BCUT2D eigenvalue weighted by Crippen LogP contribution is -2.59. The first-order valence-corrected chi connectivity index (χ1v) is 16.5. The zero-order valence-corrected chi connectivity index (χ0v) is 28.4. The average molecular weight is 689 g/mol. The standard InChI is InChI=1S/C34H28N2O8S3/c1-6-44-18-13-14-22-21(15-18)25(33-46-26(31(40)42-4)27(47-33)32(41)43-5)28(45)34(2,3)36(22)23(37)16-35-29(38)19-11-7-9-17-10-8-12-20(24(17)19)30(35)39/h7-15H,6,16H2,1-5H3. The number of nitrogens with zero attached hydrogens (tertiary/aromatic N) is 2. The molecule has 0 atom stereocenters. The highest BCUT2D eigenvalue weighted by Crippen LogP contribution is 2.56. The van der Waals surface area contributed by atoms with E-state index in [1.54, 1.807) is 56.3 Å². The fraction of sp³-hybridized carbons (Fsp3) is 0.235. The van der Waals surface area contributed by atoms with Crippen LogP contribution in [0.15, 0.2) is 68.6 Å². The Morgan fingerprint density at radius 2 is 1.43 bits per heavy atom. The van der Waals surface area contributed by atoms with Crippen molar-refractivity contribution in [1.29, 1.82) is 0 Å². The Balaban J connectivity index is 1.44. The van der Waals surface area contributed by atoms with Crippen LogP contribution in [-0.4, -0.2) is 72.3 Å². The van der Waals surface area contributed by atoms with Gasteiger partial charge in [0.15, 0.2) is 0 Å². The van der Waals surface area contributed by atoms with E-state index in [1.165, 1.54) is 19.1 Å². The fourth-order valence-electron chi connectivity index (χ4n) is 5.93. The number of carbonyl (C=O) groups is 5. The monoisotopic (exact) mass is 688 g/mol. The normalized spacial score (nSPS) is 16.9. The molecule has 0 saturated heterocycles. The summed E-state index contributed by atoms with van der Waals surface area (Å²) >= 11 is 8.15. The van der Waals surface area contributed by atoms with Crippen molar-refractivity contribution >= 4 is 92.3 Å². The van der Waals surface area contributed by atoms with Gasteiger partial charge in [0.2, 0.25) is 5.91 Å². The van der Waals surface area contributed by atoms with Crippen LogP contribution in [0, 0.1) is 0 Å². The van der Waals surface area contributed by atoms with Crippen molar-refractivity contribution in [3.63, 3.8) is 0 Å². The number of esters is 2. The van der Waals surface area contributed by atoms with Crippen LogP contribution in [0.1, 0.15) is 47.1 Å². The number of imide groups is 1. The first-order chi connectivity index (χ1) is 22.4. The summed E-state index contributed by atoms with van der Waals surface area (Å²) in [6.45, 7) is 5.22. The summed E-state index contributed by atoms with van der Waals surface area (Å²) in [4.78, 5) is 70.0. The Bertz CT molecular complexity index is 1930. The van der Waals surface area contributed by atoms with Gasteiger partial charge in [-0.2, -0.15) is 0 Å². The van der Waals surface area contributed by atoms with Crippen molar-refractivity contribution in [2.45, 2.75) is 26.3 Å². The van der Waals surface area contributed by atoms with Gasteiger partial charge in [0.1, 0.15) is 22.1 Å². The van der Waals surface area contributed by atoms with E-state index in [2.05, 4.69) is 0 Å². The zero-order valence-electron chi connectivity index (χ0n) is 26.0. The number of carbonyl (C=O) groups excluding carboxylic acids is 5. The van der Waals surface area contributed by atoms with Gasteiger partial charge in [0.05, 0.1) is 41.2 Å². The molecule has 0 radical (unpaired) electrons. The average Bonchev–Trinajstić information content (AvgIpc) is 3.50. The third kappa shape index (κ3) is 5.22. The first-order valence-electron chi connectivity index (χ1n) is 14.5. The van der Waals surface area contributed by atoms with Gasteiger partial charge in [-0.15, -0.1) is 0 Å². The molecule has 0 N–H and O–H groups in total. The third-order valence-corrected chi connectivity index (χ3v) is 11.3. The number of rotatable bonds is 6. The maximum absolute atomic E-state index is 14.4. The smallest absolute Gasteiger partial charge is 0.346 e. The van der Waals surface area contributed by atoms with Gasteiger partial charge in [0.25, 0.3) is 11.8 Å². The van der Waals surface area contributed by atoms with E-state index in [4.69, 9.17) is 26.4 Å². The molecule has 13 heteroatoms. The number of thiocarbonyl (C=S) groups is 1. The van der Waals surface area contributed by atoms with Crippen LogP contribution in [0.25, 0.3) is 16.3 Å². The molecule has 3 aromatic rings. The van der Waals surface area contributed by atoms with E-state index in [-0.39, 0.29) is 9.81 Å². The molecule has 0 fully saturated rings. The van der Waals surface area contributed by atoms with Crippen LogP contribution in [-0.2, 0) is 23.9 Å². The van der Waals surface area contributed by atoms with Gasteiger partial charge in [0, 0.05) is 27.6 Å². The lowest BCUT2D eigenvalue weighted by molar-refractivity contribution is -0.138. The molecule has 0 unspecified atom stereocenters. The lowest BCUT2D eigenvalue weighted by atomic mass is 9.83. The lowest BCUT2D eigenvalue weighted by Gasteiger charge is -2.46. The number of amides is 3. The van der Waals surface area contributed by atoms with E-state index in [0.717, 1.165) is 33.8 Å². The topological polar surface area (TPSA) is 120 Å². The maximum atomic E-state index is 14.4. The van der Waals surface area contributed by atoms with E-state index < -0.39 is 41.7 Å². The predicted molar refractivity (Wildman–Crippen MR) is 184 cm³/mol. The second-order valence-electron chi connectivity index (χ2n) is 11.1. The fourth-order valence-corrected chi connectivity index (χ4v) is 8.97. The van der Waals surface area contributed by atoms with Gasteiger partial charge in [-0.25, -0.2) is 9.59 Å². The molecule has 0 aromatic heterocycles. The highest BCUT2D eigenvalue weighted by molar-refractivity contribution is 8.29. The van der Waals surface area contributed by atoms with E-state index >= 15 is 0 Å². The Hall–Kier alpha value is -4.46. The Labute approximate surface area is 284 Å². The molecule has 0 saturated carbocycles. The van der Waals surface area contributed by atoms with E-state index in [1.807, 2.05) is 19.1 Å². The van der Waals surface area contributed by atoms with Crippen LogP contribution >= 0.6 is 35.7 Å². The van der Waals surface area contributed by atoms with Crippen molar-refractivity contribution in [2.24, 2.45) is 0 Å². The largest absolute Gasteiger partial charge is 0.494 e. The van der Waals surface area contributed by atoms with Crippen LogP contribution < -0.4 is 9.64 Å². The predicted octanol–water partition coefficient (Wildman–Crippen LogP) is 5.74. The minimum Gasteiger partial charge on any atom is -0.494 e. The highest BCUT2D eigenvalue weighted by atomic mass is 32.2. The molecule has 0 bridgehead atoms. The summed E-state index contributed by atoms with van der Waals surface area (Å²) in [7, 11) is 2.44. The number of ether oxygens (including phenoxy) is 3. The van der Waals surface area contributed by atoms with Crippen LogP contribution in [0.2, 0.25) is 0 Å². The van der Waals surface area contributed by atoms with Gasteiger partial charge >= 0.3 is 11.9 Å². The molecule has 240 valence electrons. The van der Waals surface area contributed by atoms with E-state index in [9.17, 15) is 24.0 Å². The van der Waals surface area contributed by atoms with Crippen molar-refractivity contribution in [3.8, 4) is 5.75 Å². The summed E-state index contributed by atoms with van der Waals surface area (Å²) in [5.74, 6) is -2.55. The van der Waals surface area contributed by atoms with Crippen molar-refractivity contribution in [1.82, 2.24) is 4.90 Å². The first kappa shape index (κ1) is 32.5. The summed E-state index contributed by atoms with van der Waals surface area (Å²) in [5, 5.41) is 1.33. The number of benzene rings is 3. The number of anilines is 1. The molecule has 10 nitrogen and oxygen atoms in total. The van der Waals surface area contributed by atoms with Gasteiger partial charge in [-0.1, -0.05) is 60.0 Å². The van der Waals surface area contributed by atoms with E-state index in [0.29, 0.717) is 54.8 Å². The molecule has 3 aliphatic rings. The van der Waals surface area contributed by atoms with Crippen LogP contribution in [0.3, 0.4) is 0 Å². The van der Waals surface area contributed by atoms with Gasteiger partial charge in [-0.3, -0.25) is 24.2 Å². The van der Waals surface area contributed by atoms with Crippen molar-refractivity contribution < 1.29 is 38.2 Å². The number of hydrogen-bond donors (Lipinski definition) is 0. The van der Waals surface area contributed by atoms with Crippen LogP contribution in [0.4, 0.5) is 5.69 Å². The zero-order chi connectivity index (χ0) is 33.8. The van der Waals surface area contributed by atoms with Crippen LogP contribution in [0.5, 0.6) is 5.75 Å². The summed E-state index contributed by atoms with van der Waals surface area (Å²) < 4.78 is 16.2. The SMILES string of the molecule is CCOc1ccc2c(c1)C(=C1SC(C(=O)OC)=C(C(=O)OC)S1)C(=S)C(C)(C)N2C(=O)CN1C(=O)c2cccc3cccc(c23)C1=O. The number of methoxy groups -OCH3 is 2. The minimum atomic E-state index is -1.16. The molecule has 0 spiro atoms. The molecule has 3 aliphatic heterocycles. The summed E-state index contributed by atoms with van der Waals surface area (Å²) in [6.07, 6.45) is 0. The summed E-state index contributed by atoms with van der Waals surface area (Å²) in [6, 6.07) is 15.6. The quantitative estimate of drug-likeness (QED) is 0.137. The second kappa shape index (κ2) is 12.3. The van der Waals surface area contributed by atoms with Crippen molar-refractivity contribution in [2.75, 3.05) is 32.3 Å². The third-order valence-electron chi connectivity index (χ3n) is 8.07. The molecular weight excluding hydrogens is 661 g/mol. The molecular formula is C34H28N2O8S3. The second-order valence-corrected chi connectivity index (χ2v) is 13.9. The Morgan fingerprint density at radius 1 is 0.851 bits per heavy atom. The number of thioether (sulfide) groups is 2. The Morgan fingerprint density at radius 3 is 1.96 bits per heavy atom. The molecule has 3 heterocycles. The number of hydrogen-bond acceptors (Lipinski definition) is 11. The highest BCUT2D eigenvalue weighted by Gasteiger charge is 2.47. The van der Waals surface area contributed by atoms with Gasteiger partial charge < -0.3 is 14.2 Å². The maximum Gasteiger partial charge on any atom is 0.346 e. The minimum absolute atomic E-state index is 0.0610. The molecule has 3 amide bonds. The molecule has 3 aromatic carbocycles. The van der Waals surface area contributed by atoms with Crippen molar-refractivity contribution in [3.05, 3.63) is 85.3 Å². The molecule has 6 rings (SSSR count). The van der Waals surface area contributed by atoms with Gasteiger partial charge in [-0.05, 0) is 56.5 Å². The molecule has 47 heavy (non-hydrogen) atoms. The molecule has 0 aliphatic carbocycles. The number of fused-ring (bicyclic) bond motifs is 1. The summed E-state index contributed by atoms with van der Waals surface area (Å²) in [5.41, 5.74) is 1.04. The Kier molecular flexibility index (Phi) is 8.49.